The van der Waals surface area contributed by atoms with Crippen LogP contribution in [0.3, 0.4) is 0 Å². The first-order chi connectivity index (χ1) is 16.8. The van der Waals surface area contributed by atoms with Gasteiger partial charge in [-0.15, -0.1) is 0 Å². The molecule has 1 amide bonds. The fourth-order valence-electron chi connectivity index (χ4n) is 4.18. The second-order valence-corrected chi connectivity index (χ2v) is 8.05. The third kappa shape index (κ3) is 4.30. The van der Waals surface area contributed by atoms with Crippen molar-refractivity contribution in [1.82, 2.24) is 9.13 Å². The van der Waals surface area contributed by atoms with Crippen LogP contribution in [-0.2, 0) is 18.8 Å². The molecule has 1 aliphatic rings. The molecule has 1 saturated heterocycles. The molecule has 1 fully saturated rings. The number of carbonyl (C=O) groups excluding carboxylic acids is 1. The molecule has 1 aliphatic heterocycles. The molecular formula is C24H28N4O7. The molecule has 0 aliphatic carbocycles. The predicted molar refractivity (Wildman–Crippen MR) is 132 cm³/mol. The van der Waals surface area contributed by atoms with Crippen molar-refractivity contribution in [2.24, 2.45) is 14.1 Å². The van der Waals surface area contributed by atoms with Crippen molar-refractivity contribution < 1.29 is 23.7 Å². The number of amides is 1. The van der Waals surface area contributed by atoms with E-state index in [4.69, 9.17) is 18.9 Å². The summed E-state index contributed by atoms with van der Waals surface area (Å²) in [4.78, 5) is 40.3. The van der Waals surface area contributed by atoms with E-state index >= 15 is 0 Å². The van der Waals surface area contributed by atoms with Gasteiger partial charge in [-0.2, -0.15) is 0 Å². The molecule has 0 bridgehead atoms. The highest BCUT2D eigenvalue weighted by atomic mass is 16.5. The van der Waals surface area contributed by atoms with Gasteiger partial charge < -0.3 is 38.3 Å². The molecule has 0 unspecified atom stereocenters. The van der Waals surface area contributed by atoms with Gasteiger partial charge in [0, 0.05) is 32.7 Å². The van der Waals surface area contributed by atoms with Gasteiger partial charge in [0.1, 0.15) is 0 Å². The minimum absolute atomic E-state index is 0.293. The number of fused-ring (bicyclic) bond motifs is 1. The number of ether oxygens (including phenoxy) is 4. The van der Waals surface area contributed by atoms with Gasteiger partial charge in [0.2, 0.25) is 5.75 Å². The standard InChI is InChI=1S/C24H28N4O7/c1-26-17-12-15(25-22(29)14-10-19(32-3)21(34-5)20(11-14)33-4)16(28-6-8-35-9-7-28)13-18(17)27(2)24(31)23(26)30/h10-13H,6-9H2,1-5H3,(H,25,29). The number of nitrogens with zero attached hydrogens (tertiary/aromatic N) is 3. The number of hydrogen-bond acceptors (Lipinski definition) is 8. The Balaban J connectivity index is 1.85. The quantitative estimate of drug-likeness (QED) is 0.522. The van der Waals surface area contributed by atoms with Gasteiger partial charge in [0.05, 0.1) is 57.0 Å². The molecule has 1 aromatic heterocycles. The Bertz CT molecular complexity index is 1380. The number of rotatable bonds is 6. The minimum Gasteiger partial charge on any atom is -0.493 e. The van der Waals surface area contributed by atoms with E-state index in [9.17, 15) is 14.4 Å². The number of aryl methyl sites for hydroxylation is 2. The maximum absolute atomic E-state index is 13.4. The van der Waals surface area contributed by atoms with Crippen LogP contribution < -0.4 is 35.5 Å². The lowest BCUT2D eigenvalue weighted by atomic mass is 10.1. The van der Waals surface area contributed by atoms with Gasteiger partial charge in [-0.05, 0) is 24.3 Å². The van der Waals surface area contributed by atoms with E-state index in [2.05, 4.69) is 10.2 Å². The SMILES string of the molecule is COc1cc(C(=O)Nc2cc3c(cc2N2CCOCC2)n(C)c(=O)c(=O)n3C)cc(OC)c1OC. The van der Waals surface area contributed by atoms with Crippen molar-refractivity contribution in [3.8, 4) is 17.2 Å². The molecule has 186 valence electrons. The first-order valence-electron chi connectivity index (χ1n) is 11.0. The minimum atomic E-state index is -0.652. The van der Waals surface area contributed by atoms with Gasteiger partial charge in [0.15, 0.2) is 11.5 Å². The third-order valence-electron chi connectivity index (χ3n) is 6.13. The lowest BCUT2D eigenvalue weighted by molar-refractivity contribution is 0.102. The molecule has 3 aromatic rings. The fourth-order valence-corrected chi connectivity index (χ4v) is 4.18. The number of carbonyl (C=O) groups is 1. The van der Waals surface area contributed by atoms with Gasteiger partial charge >= 0.3 is 11.1 Å². The largest absolute Gasteiger partial charge is 0.493 e. The summed E-state index contributed by atoms with van der Waals surface area (Å²) in [5, 5.41) is 2.96. The van der Waals surface area contributed by atoms with Gasteiger partial charge in [-0.1, -0.05) is 0 Å². The van der Waals surface area contributed by atoms with Crippen LogP contribution in [0, 0.1) is 0 Å². The van der Waals surface area contributed by atoms with E-state index in [1.54, 1.807) is 25.2 Å². The number of benzene rings is 2. The average molecular weight is 485 g/mol. The molecule has 2 heterocycles. The Morgan fingerprint density at radius 1 is 0.857 bits per heavy atom. The van der Waals surface area contributed by atoms with Crippen molar-refractivity contribution in [3.63, 3.8) is 0 Å². The molecule has 0 spiro atoms. The van der Waals surface area contributed by atoms with E-state index in [-0.39, 0.29) is 0 Å². The Labute approximate surface area is 201 Å². The molecule has 0 saturated carbocycles. The summed E-state index contributed by atoms with van der Waals surface area (Å²) >= 11 is 0. The highest BCUT2D eigenvalue weighted by Gasteiger charge is 2.22. The van der Waals surface area contributed by atoms with Crippen LogP contribution in [0.15, 0.2) is 33.9 Å². The molecule has 11 nitrogen and oxygen atoms in total. The average Bonchev–Trinajstić information content (AvgIpc) is 2.89. The van der Waals surface area contributed by atoms with Gasteiger partial charge in [-0.25, -0.2) is 0 Å². The molecule has 0 radical (unpaired) electrons. The number of anilines is 2. The van der Waals surface area contributed by atoms with E-state index in [0.717, 1.165) is 5.69 Å². The summed E-state index contributed by atoms with van der Waals surface area (Å²) in [5.74, 6) is 0.665. The number of aromatic nitrogens is 2. The van der Waals surface area contributed by atoms with Crippen molar-refractivity contribution >= 4 is 28.3 Å². The fraction of sp³-hybridized carbons (Fsp3) is 0.375. The summed E-state index contributed by atoms with van der Waals surface area (Å²) in [6, 6.07) is 6.64. The molecule has 11 heteroatoms. The monoisotopic (exact) mass is 484 g/mol. The lowest BCUT2D eigenvalue weighted by Gasteiger charge is -2.31. The maximum Gasteiger partial charge on any atom is 0.316 e. The van der Waals surface area contributed by atoms with Crippen molar-refractivity contribution in [2.45, 2.75) is 0 Å². The Morgan fingerprint density at radius 2 is 1.40 bits per heavy atom. The van der Waals surface area contributed by atoms with Crippen molar-refractivity contribution in [2.75, 3.05) is 57.8 Å². The molecule has 1 N–H and O–H groups in total. The van der Waals surface area contributed by atoms with Crippen LogP contribution in [0.25, 0.3) is 11.0 Å². The molecule has 35 heavy (non-hydrogen) atoms. The zero-order chi connectivity index (χ0) is 25.3. The van der Waals surface area contributed by atoms with E-state index in [0.29, 0.717) is 65.8 Å². The first kappa shape index (κ1) is 24.1. The van der Waals surface area contributed by atoms with Crippen molar-refractivity contribution in [1.29, 1.82) is 0 Å². The topological polar surface area (TPSA) is 113 Å². The van der Waals surface area contributed by atoms with Crippen LogP contribution in [0.1, 0.15) is 10.4 Å². The first-order valence-corrected chi connectivity index (χ1v) is 11.0. The Morgan fingerprint density at radius 3 is 1.91 bits per heavy atom. The van der Waals surface area contributed by atoms with Crippen LogP contribution in [0.2, 0.25) is 0 Å². The molecule has 0 atom stereocenters. The van der Waals surface area contributed by atoms with Crippen LogP contribution in [0.5, 0.6) is 17.2 Å². The predicted octanol–water partition coefficient (Wildman–Crippen LogP) is 1.35. The van der Waals surface area contributed by atoms with Crippen molar-refractivity contribution in [3.05, 3.63) is 50.5 Å². The Hall–Kier alpha value is -3.99. The normalized spacial score (nSPS) is 13.6. The maximum atomic E-state index is 13.4. The summed E-state index contributed by atoms with van der Waals surface area (Å²) in [6.07, 6.45) is 0. The van der Waals surface area contributed by atoms with Crippen LogP contribution >= 0.6 is 0 Å². The highest BCUT2D eigenvalue weighted by Crippen LogP contribution is 2.39. The number of morpholine rings is 1. The number of methoxy groups -OCH3 is 3. The second kappa shape index (κ2) is 9.71. The number of hydrogen-bond donors (Lipinski definition) is 1. The third-order valence-corrected chi connectivity index (χ3v) is 6.13. The van der Waals surface area contributed by atoms with Crippen LogP contribution in [0.4, 0.5) is 11.4 Å². The van der Waals surface area contributed by atoms with E-state index in [1.165, 1.54) is 37.5 Å². The highest BCUT2D eigenvalue weighted by molar-refractivity contribution is 6.08. The molecule has 2 aromatic carbocycles. The van der Waals surface area contributed by atoms with Crippen LogP contribution in [-0.4, -0.2) is 62.7 Å². The zero-order valence-electron chi connectivity index (χ0n) is 20.3. The van der Waals surface area contributed by atoms with Gasteiger partial charge in [-0.3, -0.25) is 14.4 Å². The summed E-state index contributed by atoms with van der Waals surface area (Å²) in [6.45, 7) is 2.28. The van der Waals surface area contributed by atoms with Gasteiger partial charge in [0.25, 0.3) is 5.91 Å². The molecular weight excluding hydrogens is 456 g/mol. The summed E-state index contributed by atoms with van der Waals surface area (Å²) in [5.41, 5.74) is 1.31. The summed E-state index contributed by atoms with van der Waals surface area (Å²) in [7, 11) is 7.53. The smallest absolute Gasteiger partial charge is 0.316 e. The second-order valence-electron chi connectivity index (χ2n) is 8.05. The number of nitrogens with one attached hydrogen (secondary N) is 1. The van der Waals surface area contributed by atoms with E-state index < -0.39 is 17.0 Å². The Kier molecular flexibility index (Phi) is 6.70. The zero-order valence-corrected chi connectivity index (χ0v) is 20.3. The lowest BCUT2D eigenvalue weighted by Crippen LogP contribution is -2.40. The summed E-state index contributed by atoms with van der Waals surface area (Å²) < 4.78 is 24.2. The molecule has 4 rings (SSSR count). The van der Waals surface area contributed by atoms with E-state index in [1.807, 2.05) is 6.07 Å².